The van der Waals surface area contributed by atoms with Crippen LogP contribution < -0.4 is 15.8 Å². The summed E-state index contributed by atoms with van der Waals surface area (Å²) in [5.74, 6) is 1.88. The van der Waals surface area contributed by atoms with Gasteiger partial charge in [-0.3, -0.25) is 0 Å². The first-order valence-electron chi connectivity index (χ1n) is 9.35. The summed E-state index contributed by atoms with van der Waals surface area (Å²) in [6.45, 7) is 12.1. The first kappa shape index (κ1) is 18.1. The van der Waals surface area contributed by atoms with Gasteiger partial charge in [0, 0.05) is 24.4 Å². The van der Waals surface area contributed by atoms with E-state index < -0.39 is 5.67 Å². The Morgan fingerprint density at radius 1 is 1.36 bits per heavy atom. The standard InChI is InChI=1S/C21H30FN3/c1-15-5-6-18-12-20(23-13-19(18)11-15)24-16(2)17-7-9-25(10-8-17)14-21(3,4)22/h6,11-13,15,17,24H,2,5,7-10,14H2,1,3-4H3. The molecule has 3 nitrogen and oxygen atoms in total. The molecule has 0 saturated carbocycles. The van der Waals surface area contributed by atoms with Gasteiger partial charge in [-0.15, -0.1) is 0 Å². The molecule has 1 saturated heterocycles. The Bertz CT molecular complexity index is 739. The molecule has 0 aromatic carbocycles. The van der Waals surface area contributed by atoms with E-state index in [9.17, 15) is 4.39 Å². The summed E-state index contributed by atoms with van der Waals surface area (Å²) in [5.41, 5.74) is -0.0973. The molecule has 1 aromatic rings. The molecule has 3 rings (SSSR count). The molecule has 1 aliphatic carbocycles. The Morgan fingerprint density at radius 3 is 2.76 bits per heavy atom. The van der Waals surface area contributed by atoms with Gasteiger partial charge in [-0.05, 0) is 68.6 Å². The van der Waals surface area contributed by atoms with Crippen molar-refractivity contribution in [3.8, 4) is 0 Å². The predicted molar refractivity (Wildman–Crippen MR) is 103 cm³/mol. The maximum atomic E-state index is 13.8. The smallest absolute Gasteiger partial charge is 0.130 e. The zero-order valence-electron chi connectivity index (χ0n) is 15.7. The van der Waals surface area contributed by atoms with E-state index in [4.69, 9.17) is 0 Å². The summed E-state index contributed by atoms with van der Waals surface area (Å²) in [6.07, 6.45) is 9.63. The zero-order chi connectivity index (χ0) is 18.0. The summed E-state index contributed by atoms with van der Waals surface area (Å²) in [4.78, 5) is 6.76. The first-order valence-corrected chi connectivity index (χ1v) is 9.35. The molecule has 1 N–H and O–H groups in total. The van der Waals surface area contributed by atoms with Crippen molar-refractivity contribution >= 4 is 18.0 Å². The van der Waals surface area contributed by atoms with Crippen molar-refractivity contribution in [3.63, 3.8) is 0 Å². The van der Waals surface area contributed by atoms with Gasteiger partial charge in [-0.1, -0.05) is 25.7 Å². The molecular weight excluding hydrogens is 313 g/mol. The molecule has 1 unspecified atom stereocenters. The minimum absolute atomic E-state index is 0.423. The summed E-state index contributed by atoms with van der Waals surface area (Å²) >= 11 is 0. The second kappa shape index (κ2) is 7.28. The van der Waals surface area contributed by atoms with Crippen molar-refractivity contribution in [3.05, 3.63) is 35.0 Å². The van der Waals surface area contributed by atoms with Gasteiger partial charge in [0.1, 0.15) is 11.5 Å². The van der Waals surface area contributed by atoms with Crippen LogP contribution in [-0.4, -0.2) is 35.2 Å². The van der Waals surface area contributed by atoms with Gasteiger partial charge in [0.25, 0.3) is 0 Å². The van der Waals surface area contributed by atoms with Crippen LogP contribution in [0, 0.1) is 11.8 Å². The molecule has 25 heavy (non-hydrogen) atoms. The van der Waals surface area contributed by atoms with Crippen LogP contribution in [0.25, 0.3) is 12.2 Å². The van der Waals surface area contributed by atoms with E-state index in [1.54, 1.807) is 13.8 Å². The number of piperidine rings is 1. The van der Waals surface area contributed by atoms with Gasteiger partial charge in [-0.2, -0.15) is 0 Å². The summed E-state index contributed by atoms with van der Waals surface area (Å²) in [6, 6.07) is 2.11. The van der Waals surface area contributed by atoms with Crippen molar-refractivity contribution in [2.45, 2.75) is 45.7 Å². The number of anilines is 1. The van der Waals surface area contributed by atoms with Crippen LogP contribution in [-0.2, 0) is 0 Å². The lowest BCUT2D eigenvalue weighted by Crippen LogP contribution is -2.41. The topological polar surface area (TPSA) is 28.2 Å². The van der Waals surface area contributed by atoms with E-state index in [-0.39, 0.29) is 0 Å². The number of hydrogen-bond acceptors (Lipinski definition) is 3. The van der Waals surface area contributed by atoms with Gasteiger partial charge < -0.3 is 10.2 Å². The van der Waals surface area contributed by atoms with Gasteiger partial charge in [0.15, 0.2) is 0 Å². The summed E-state index contributed by atoms with van der Waals surface area (Å²) in [7, 11) is 0. The molecule has 0 bridgehead atoms. The van der Waals surface area contributed by atoms with Crippen molar-refractivity contribution < 1.29 is 4.39 Å². The summed E-state index contributed by atoms with van der Waals surface area (Å²) < 4.78 is 13.8. The number of pyridine rings is 1. The van der Waals surface area contributed by atoms with E-state index in [0.717, 1.165) is 43.9 Å². The predicted octanol–water partition coefficient (Wildman–Crippen LogP) is 3.07. The van der Waals surface area contributed by atoms with Crippen LogP contribution >= 0.6 is 0 Å². The SMILES string of the molecule is C=C(Nc1cc2c(cn1)=CC(C)CC=2)C1CCN(CC(C)(C)F)CC1. The Hall–Kier alpha value is -1.68. The second-order valence-corrected chi connectivity index (χ2v) is 8.20. The Balaban J connectivity index is 1.58. The number of halogens is 1. The molecule has 136 valence electrons. The van der Waals surface area contributed by atoms with E-state index >= 15 is 0 Å². The van der Waals surface area contributed by atoms with E-state index in [0.29, 0.717) is 18.4 Å². The normalized spacial score (nSPS) is 21.8. The molecular formula is C21H30FN3. The lowest BCUT2D eigenvalue weighted by Gasteiger charge is -2.35. The number of likely N-dealkylation sites (tertiary alicyclic amines) is 1. The van der Waals surface area contributed by atoms with E-state index in [1.165, 1.54) is 10.4 Å². The highest BCUT2D eigenvalue weighted by atomic mass is 19.1. The third-order valence-electron chi connectivity index (χ3n) is 5.11. The third-order valence-corrected chi connectivity index (χ3v) is 5.11. The van der Waals surface area contributed by atoms with Crippen LogP contribution in [0.5, 0.6) is 0 Å². The average Bonchev–Trinajstić information content (AvgIpc) is 2.54. The van der Waals surface area contributed by atoms with Crippen molar-refractivity contribution in [1.82, 2.24) is 9.88 Å². The van der Waals surface area contributed by atoms with E-state index in [2.05, 4.69) is 46.9 Å². The molecule has 0 radical (unpaired) electrons. The molecule has 1 aliphatic heterocycles. The number of alkyl halides is 1. The van der Waals surface area contributed by atoms with Gasteiger partial charge >= 0.3 is 0 Å². The first-order chi connectivity index (χ1) is 11.8. The lowest BCUT2D eigenvalue weighted by atomic mass is 9.93. The van der Waals surface area contributed by atoms with Gasteiger partial charge in [-0.25, -0.2) is 9.37 Å². The minimum atomic E-state index is -1.12. The molecule has 1 aromatic heterocycles. The molecule has 0 spiro atoms. The average molecular weight is 343 g/mol. The van der Waals surface area contributed by atoms with Gasteiger partial charge in [0.05, 0.1) is 0 Å². The van der Waals surface area contributed by atoms with Crippen LogP contribution in [0.2, 0.25) is 0 Å². The summed E-state index contributed by atoms with van der Waals surface area (Å²) in [5, 5.41) is 5.88. The second-order valence-electron chi connectivity index (χ2n) is 8.20. The highest BCUT2D eigenvalue weighted by Gasteiger charge is 2.26. The molecule has 2 aliphatic rings. The quantitative estimate of drug-likeness (QED) is 0.891. The Morgan fingerprint density at radius 2 is 2.08 bits per heavy atom. The maximum Gasteiger partial charge on any atom is 0.130 e. The number of hydrogen-bond donors (Lipinski definition) is 1. The van der Waals surface area contributed by atoms with Gasteiger partial charge in [0.2, 0.25) is 0 Å². The number of nitrogens with zero attached hydrogens (tertiary/aromatic N) is 2. The number of nitrogens with one attached hydrogen (secondary N) is 1. The third kappa shape index (κ3) is 4.91. The Labute approximate surface area is 150 Å². The number of allylic oxidation sites excluding steroid dienone is 1. The zero-order valence-corrected chi connectivity index (χ0v) is 15.7. The van der Waals surface area contributed by atoms with Crippen LogP contribution in [0.1, 0.15) is 40.0 Å². The molecule has 4 heteroatoms. The molecule has 1 fully saturated rings. The van der Waals surface area contributed by atoms with Crippen LogP contribution in [0.3, 0.4) is 0 Å². The monoisotopic (exact) mass is 343 g/mol. The van der Waals surface area contributed by atoms with Crippen LogP contribution in [0.4, 0.5) is 10.2 Å². The number of aromatic nitrogens is 1. The fourth-order valence-electron chi connectivity index (χ4n) is 3.79. The van der Waals surface area contributed by atoms with E-state index in [1.807, 2.05) is 6.20 Å². The lowest BCUT2D eigenvalue weighted by molar-refractivity contribution is 0.101. The van der Waals surface area contributed by atoms with Crippen molar-refractivity contribution in [1.29, 1.82) is 0 Å². The van der Waals surface area contributed by atoms with Crippen molar-refractivity contribution in [2.24, 2.45) is 11.8 Å². The van der Waals surface area contributed by atoms with Crippen LogP contribution in [0.15, 0.2) is 24.5 Å². The number of rotatable bonds is 5. The highest BCUT2D eigenvalue weighted by Crippen LogP contribution is 2.25. The Kier molecular flexibility index (Phi) is 5.28. The maximum absolute atomic E-state index is 13.8. The molecule has 0 amide bonds. The largest absolute Gasteiger partial charge is 0.344 e. The fraction of sp³-hybridized carbons (Fsp3) is 0.571. The molecule has 2 heterocycles. The fourth-order valence-corrected chi connectivity index (χ4v) is 3.79. The molecule has 1 atom stereocenters. The van der Waals surface area contributed by atoms with Crippen molar-refractivity contribution in [2.75, 3.05) is 25.0 Å². The number of fused-ring (bicyclic) bond motifs is 1. The minimum Gasteiger partial charge on any atom is -0.344 e. The highest BCUT2D eigenvalue weighted by molar-refractivity contribution is 5.47.